The lowest BCUT2D eigenvalue weighted by Gasteiger charge is -2.25. The van der Waals surface area contributed by atoms with Gasteiger partial charge in [-0.3, -0.25) is 4.79 Å². The van der Waals surface area contributed by atoms with Crippen LogP contribution in [-0.2, 0) is 17.8 Å². The van der Waals surface area contributed by atoms with Crippen LogP contribution in [0.1, 0.15) is 30.0 Å². The highest BCUT2D eigenvalue weighted by Gasteiger charge is 2.20. The molecule has 0 atom stereocenters. The third kappa shape index (κ3) is 2.99. The molecule has 106 valence electrons. The van der Waals surface area contributed by atoms with Gasteiger partial charge in [-0.15, -0.1) is 21.5 Å². The summed E-state index contributed by atoms with van der Waals surface area (Å²) >= 11 is 7.71. The first-order valence-electron chi connectivity index (χ1n) is 6.35. The van der Waals surface area contributed by atoms with Gasteiger partial charge in [-0.25, -0.2) is 0 Å². The van der Waals surface area contributed by atoms with Gasteiger partial charge in [-0.2, -0.15) is 0 Å². The highest BCUT2D eigenvalue weighted by molar-refractivity contribution is 7.09. The molecule has 0 saturated heterocycles. The van der Waals surface area contributed by atoms with E-state index in [0.29, 0.717) is 11.6 Å². The van der Waals surface area contributed by atoms with Gasteiger partial charge in [0.05, 0.1) is 12.2 Å². The summed E-state index contributed by atoms with van der Waals surface area (Å²) < 4.78 is 0. The second-order valence-corrected chi connectivity index (χ2v) is 5.81. The molecule has 0 N–H and O–H groups in total. The van der Waals surface area contributed by atoms with Gasteiger partial charge in [0.1, 0.15) is 10.5 Å². The molecule has 0 aliphatic rings. The molecule has 1 aromatic heterocycles. The Bertz CT molecular complexity index is 613. The standard InChI is InChI=1S/C14H16ClN3OS/c1-4-11-12(15)6-5-9(2)14(11)18(10(3)19)7-13-17-16-8-20-13/h5-6,8H,4,7H2,1-3H3. The van der Waals surface area contributed by atoms with Crippen LogP contribution >= 0.6 is 22.9 Å². The molecule has 6 heteroatoms. The fourth-order valence-electron chi connectivity index (χ4n) is 2.19. The molecule has 0 unspecified atom stereocenters. The molecule has 2 rings (SSSR count). The van der Waals surface area contributed by atoms with Crippen molar-refractivity contribution >= 4 is 34.5 Å². The average Bonchev–Trinajstić information content (AvgIpc) is 2.91. The van der Waals surface area contributed by atoms with Gasteiger partial charge in [-0.05, 0) is 30.5 Å². The van der Waals surface area contributed by atoms with Crippen LogP contribution in [0.25, 0.3) is 0 Å². The lowest BCUT2D eigenvalue weighted by Crippen LogP contribution is -2.29. The average molecular weight is 310 g/mol. The lowest BCUT2D eigenvalue weighted by molar-refractivity contribution is -0.116. The number of benzene rings is 1. The largest absolute Gasteiger partial charge is 0.305 e. The first-order valence-corrected chi connectivity index (χ1v) is 7.61. The minimum atomic E-state index is -0.0275. The molecule has 20 heavy (non-hydrogen) atoms. The molecular formula is C14H16ClN3OS. The van der Waals surface area contributed by atoms with E-state index in [1.54, 1.807) is 17.3 Å². The van der Waals surface area contributed by atoms with Crippen LogP contribution in [0, 0.1) is 6.92 Å². The minimum Gasteiger partial charge on any atom is -0.305 e. The van der Waals surface area contributed by atoms with Crippen molar-refractivity contribution in [1.29, 1.82) is 0 Å². The number of aromatic nitrogens is 2. The van der Waals surface area contributed by atoms with Crippen LogP contribution in [-0.4, -0.2) is 16.1 Å². The molecule has 0 fully saturated rings. The molecule has 1 amide bonds. The van der Waals surface area contributed by atoms with Gasteiger partial charge < -0.3 is 4.90 Å². The minimum absolute atomic E-state index is 0.0275. The fraction of sp³-hybridized carbons (Fsp3) is 0.357. The monoisotopic (exact) mass is 309 g/mol. The van der Waals surface area contributed by atoms with E-state index >= 15 is 0 Å². The lowest BCUT2D eigenvalue weighted by atomic mass is 10.0. The van der Waals surface area contributed by atoms with Gasteiger partial charge in [0, 0.05) is 11.9 Å². The summed E-state index contributed by atoms with van der Waals surface area (Å²) in [6.07, 6.45) is 0.774. The summed E-state index contributed by atoms with van der Waals surface area (Å²) in [7, 11) is 0. The predicted molar refractivity (Wildman–Crippen MR) is 82.3 cm³/mol. The van der Waals surface area contributed by atoms with E-state index < -0.39 is 0 Å². The van der Waals surface area contributed by atoms with Crippen molar-refractivity contribution < 1.29 is 4.79 Å². The molecule has 4 nitrogen and oxygen atoms in total. The molecule has 0 aliphatic heterocycles. The first kappa shape index (κ1) is 14.9. The number of rotatable bonds is 4. The quantitative estimate of drug-likeness (QED) is 0.866. The van der Waals surface area contributed by atoms with E-state index in [4.69, 9.17) is 11.6 Å². The van der Waals surface area contributed by atoms with Gasteiger partial charge in [0.15, 0.2) is 0 Å². The number of aryl methyl sites for hydroxylation is 1. The van der Waals surface area contributed by atoms with Crippen LogP contribution in [0.15, 0.2) is 17.6 Å². The molecule has 0 spiro atoms. The second-order valence-electron chi connectivity index (χ2n) is 4.48. The Morgan fingerprint density at radius 1 is 1.45 bits per heavy atom. The number of hydrogen-bond acceptors (Lipinski definition) is 4. The number of nitrogens with zero attached hydrogens (tertiary/aromatic N) is 3. The Kier molecular flexibility index (Phi) is 4.73. The Hall–Kier alpha value is -1.46. The van der Waals surface area contributed by atoms with Crippen LogP contribution in [0.4, 0.5) is 5.69 Å². The van der Waals surface area contributed by atoms with Crippen LogP contribution in [0.3, 0.4) is 0 Å². The van der Waals surface area contributed by atoms with Gasteiger partial charge in [0.25, 0.3) is 0 Å². The van der Waals surface area contributed by atoms with Gasteiger partial charge in [-0.1, -0.05) is 24.6 Å². The van der Waals surface area contributed by atoms with Crippen molar-refractivity contribution in [2.45, 2.75) is 33.7 Å². The summed E-state index contributed by atoms with van der Waals surface area (Å²) in [6.45, 7) is 6.00. The van der Waals surface area contributed by atoms with E-state index in [1.807, 2.05) is 26.0 Å². The predicted octanol–water partition coefficient (Wildman–Crippen LogP) is 3.62. The third-order valence-electron chi connectivity index (χ3n) is 3.13. The highest BCUT2D eigenvalue weighted by atomic mass is 35.5. The molecule has 0 radical (unpaired) electrons. The third-order valence-corrected chi connectivity index (χ3v) is 4.17. The number of anilines is 1. The zero-order valence-electron chi connectivity index (χ0n) is 11.7. The van der Waals surface area contributed by atoms with Crippen LogP contribution < -0.4 is 4.90 Å². The summed E-state index contributed by atoms with van der Waals surface area (Å²) in [4.78, 5) is 13.8. The molecule has 1 aromatic carbocycles. The summed E-state index contributed by atoms with van der Waals surface area (Å²) in [6, 6.07) is 3.81. The number of halogens is 1. The Labute approximate surface area is 127 Å². The SMILES string of the molecule is CCc1c(Cl)ccc(C)c1N(Cc1nncs1)C(C)=O. The van der Waals surface area contributed by atoms with Crippen LogP contribution in [0.2, 0.25) is 5.02 Å². The second kappa shape index (κ2) is 6.33. The van der Waals surface area contributed by atoms with E-state index in [0.717, 1.165) is 28.2 Å². The van der Waals surface area contributed by atoms with Crippen molar-refractivity contribution in [3.05, 3.63) is 38.8 Å². The summed E-state index contributed by atoms with van der Waals surface area (Å²) in [5.41, 5.74) is 4.58. The number of amides is 1. The topological polar surface area (TPSA) is 46.1 Å². The Morgan fingerprint density at radius 3 is 2.75 bits per heavy atom. The molecular weight excluding hydrogens is 294 g/mol. The zero-order valence-corrected chi connectivity index (χ0v) is 13.3. The maximum absolute atomic E-state index is 12.0. The van der Waals surface area contributed by atoms with E-state index in [9.17, 15) is 4.79 Å². The molecule has 2 aromatic rings. The van der Waals surface area contributed by atoms with Gasteiger partial charge in [0.2, 0.25) is 5.91 Å². The Balaban J connectivity index is 2.49. The zero-order chi connectivity index (χ0) is 14.7. The van der Waals surface area contributed by atoms with E-state index in [1.165, 1.54) is 11.3 Å². The van der Waals surface area contributed by atoms with Crippen molar-refractivity contribution in [3.8, 4) is 0 Å². The van der Waals surface area contributed by atoms with Crippen molar-refractivity contribution in [3.63, 3.8) is 0 Å². The van der Waals surface area contributed by atoms with E-state index in [2.05, 4.69) is 10.2 Å². The van der Waals surface area contributed by atoms with Gasteiger partial charge >= 0.3 is 0 Å². The summed E-state index contributed by atoms with van der Waals surface area (Å²) in [5, 5.41) is 9.33. The molecule has 0 saturated carbocycles. The molecule has 0 aliphatic carbocycles. The number of carbonyl (C=O) groups excluding carboxylic acids is 1. The smallest absolute Gasteiger partial charge is 0.224 e. The summed E-state index contributed by atoms with van der Waals surface area (Å²) in [5.74, 6) is -0.0275. The number of carbonyl (C=O) groups is 1. The van der Waals surface area contributed by atoms with E-state index in [-0.39, 0.29) is 5.91 Å². The van der Waals surface area contributed by atoms with Crippen molar-refractivity contribution in [1.82, 2.24) is 10.2 Å². The maximum Gasteiger partial charge on any atom is 0.224 e. The van der Waals surface area contributed by atoms with Crippen molar-refractivity contribution in [2.75, 3.05) is 4.90 Å². The van der Waals surface area contributed by atoms with Crippen LogP contribution in [0.5, 0.6) is 0 Å². The first-order chi connectivity index (χ1) is 9.54. The molecule has 0 bridgehead atoms. The maximum atomic E-state index is 12.0. The van der Waals surface area contributed by atoms with Crippen molar-refractivity contribution in [2.24, 2.45) is 0 Å². The molecule has 1 heterocycles. The highest BCUT2D eigenvalue weighted by Crippen LogP contribution is 2.32. The fourth-order valence-corrected chi connectivity index (χ4v) is 2.99. The normalized spacial score (nSPS) is 10.6. The Morgan fingerprint density at radius 2 is 2.20 bits per heavy atom. The number of hydrogen-bond donors (Lipinski definition) is 0.